The molecule has 0 aliphatic heterocycles. The fraction of sp³-hybridized carbons (Fsp3) is 0. The van der Waals surface area contributed by atoms with Gasteiger partial charge in [0.1, 0.15) is 11.5 Å². The highest BCUT2D eigenvalue weighted by molar-refractivity contribution is 6.03. The molecular weight excluding hydrogens is 285 g/mol. The molecule has 0 fully saturated rings. The van der Waals surface area contributed by atoms with Crippen molar-refractivity contribution < 1.29 is 19.1 Å². The minimum Gasteiger partial charge on any atom is -0.478 e. The normalized spacial score (nSPS) is 10.1. The molecule has 0 saturated heterocycles. The van der Waals surface area contributed by atoms with Crippen molar-refractivity contribution in [2.75, 3.05) is 5.32 Å². The molecule has 4 N–H and O–H groups in total. The lowest BCUT2D eigenvalue weighted by molar-refractivity contribution is 0.0692. The van der Waals surface area contributed by atoms with E-state index < -0.39 is 34.5 Å². The number of rotatable bonds is 3. The van der Waals surface area contributed by atoms with Crippen molar-refractivity contribution in [1.29, 1.82) is 0 Å². The molecule has 0 aliphatic carbocycles. The number of nitrogens with one attached hydrogen (secondary N) is 3. The number of hydrogen-bond donors (Lipinski definition) is 4. The number of anilines is 1. The summed E-state index contributed by atoms with van der Waals surface area (Å²) in [4.78, 5) is 48.5. The smallest absolute Gasteiger partial charge is 0.338 e. The van der Waals surface area contributed by atoms with Crippen LogP contribution in [-0.4, -0.2) is 27.0 Å². The molecule has 1 amide bonds. The summed E-state index contributed by atoms with van der Waals surface area (Å²) in [5.74, 6) is -3.32. The van der Waals surface area contributed by atoms with Gasteiger partial charge < -0.3 is 15.4 Å². The molecule has 0 unspecified atom stereocenters. The Balaban J connectivity index is 2.27. The van der Waals surface area contributed by atoms with E-state index in [0.29, 0.717) is 0 Å². The van der Waals surface area contributed by atoms with Gasteiger partial charge in [0.2, 0.25) is 0 Å². The van der Waals surface area contributed by atoms with Gasteiger partial charge in [0, 0.05) is 11.8 Å². The standard InChI is InChI=1S/C12H8FN3O5/c13-7-3-5(1-2-6(7)11(19)20)14-10(18)8-4-9(17)16-12(21)15-8/h1-4H,(H,14,18)(H,19,20)(H2,15,16,17,21). The first-order valence-electron chi connectivity index (χ1n) is 5.54. The monoisotopic (exact) mass is 293 g/mol. The zero-order valence-electron chi connectivity index (χ0n) is 10.3. The van der Waals surface area contributed by atoms with E-state index in [1.54, 1.807) is 0 Å². The van der Waals surface area contributed by atoms with Crippen molar-refractivity contribution in [3.8, 4) is 0 Å². The first kappa shape index (κ1) is 14.2. The number of aromatic nitrogens is 2. The molecule has 0 spiro atoms. The fourth-order valence-corrected chi connectivity index (χ4v) is 1.56. The minimum atomic E-state index is -1.44. The van der Waals surface area contributed by atoms with Crippen LogP contribution >= 0.6 is 0 Å². The first-order valence-corrected chi connectivity index (χ1v) is 5.54. The second kappa shape index (κ2) is 5.41. The molecule has 21 heavy (non-hydrogen) atoms. The third kappa shape index (κ3) is 3.21. The molecule has 1 aromatic heterocycles. The number of carboxylic acids is 1. The summed E-state index contributed by atoms with van der Waals surface area (Å²) in [6.45, 7) is 0. The van der Waals surface area contributed by atoms with Crippen molar-refractivity contribution in [2.24, 2.45) is 0 Å². The average Bonchev–Trinajstić information content (AvgIpc) is 2.37. The average molecular weight is 293 g/mol. The van der Waals surface area contributed by atoms with Crippen molar-refractivity contribution in [2.45, 2.75) is 0 Å². The summed E-state index contributed by atoms with van der Waals surface area (Å²) < 4.78 is 13.4. The van der Waals surface area contributed by atoms with E-state index in [2.05, 4.69) is 10.3 Å². The van der Waals surface area contributed by atoms with Crippen LogP contribution in [0, 0.1) is 5.82 Å². The predicted octanol–water partition coefficient (Wildman–Crippen LogP) is 0.153. The van der Waals surface area contributed by atoms with Gasteiger partial charge in [0.05, 0.1) is 5.56 Å². The Kier molecular flexibility index (Phi) is 3.65. The molecule has 2 rings (SSSR count). The lowest BCUT2D eigenvalue weighted by Crippen LogP contribution is -2.27. The number of amides is 1. The number of benzene rings is 1. The van der Waals surface area contributed by atoms with Crippen molar-refractivity contribution in [1.82, 2.24) is 9.97 Å². The maximum atomic E-state index is 13.4. The van der Waals surface area contributed by atoms with Crippen molar-refractivity contribution >= 4 is 17.6 Å². The summed E-state index contributed by atoms with van der Waals surface area (Å²) in [6, 6.07) is 3.83. The van der Waals surface area contributed by atoms with Crippen molar-refractivity contribution in [3.05, 3.63) is 62.2 Å². The third-order valence-corrected chi connectivity index (χ3v) is 2.46. The predicted molar refractivity (Wildman–Crippen MR) is 69.0 cm³/mol. The second-order valence-corrected chi connectivity index (χ2v) is 3.96. The number of aromatic carboxylic acids is 1. The molecule has 0 saturated carbocycles. The summed E-state index contributed by atoms with van der Waals surface area (Å²) in [5, 5.41) is 10.9. The van der Waals surface area contributed by atoms with E-state index in [1.807, 2.05) is 4.98 Å². The molecular formula is C12H8FN3O5. The van der Waals surface area contributed by atoms with E-state index in [1.165, 1.54) is 6.07 Å². The summed E-state index contributed by atoms with van der Waals surface area (Å²) >= 11 is 0. The van der Waals surface area contributed by atoms with Gasteiger partial charge in [-0.05, 0) is 18.2 Å². The molecule has 0 radical (unpaired) electrons. The molecule has 9 heteroatoms. The number of aromatic amines is 2. The maximum absolute atomic E-state index is 13.4. The van der Waals surface area contributed by atoms with Gasteiger partial charge in [0.25, 0.3) is 11.5 Å². The highest BCUT2D eigenvalue weighted by atomic mass is 19.1. The van der Waals surface area contributed by atoms with E-state index in [-0.39, 0.29) is 11.4 Å². The summed E-state index contributed by atoms with van der Waals surface area (Å²) in [6.07, 6.45) is 0. The van der Waals surface area contributed by atoms with Crippen LogP contribution in [0.25, 0.3) is 0 Å². The van der Waals surface area contributed by atoms with Crippen LogP contribution in [0.15, 0.2) is 33.9 Å². The Hall–Kier alpha value is -3.23. The number of carbonyl (C=O) groups excluding carboxylic acids is 1. The topological polar surface area (TPSA) is 132 Å². The zero-order chi connectivity index (χ0) is 15.6. The Labute approximate surface area is 115 Å². The Morgan fingerprint density at radius 1 is 1.14 bits per heavy atom. The third-order valence-electron chi connectivity index (χ3n) is 2.46. The molecule has 108 valence electrons. The summed E-state index contributed by atoms with van der Waals surface area (Å²) in [5.41, 5.74) is -2.51. The van der Waals surface area contributed by atoms with E-state index >= 15 is 0 Å². The number of halogens is 1. The van der Waals surface area contributed by atoms with Crippen LogP contribution in [-0.2, 0) is 0 Å². The first-order chi connectivity index (χ1) is 9.86. The maximum Gasteiger partial charge on any atom is 0.338 e. The van der Waals surface area contributed by atoms with Gasteiger partial charge >= 0.3 is 11.7 Å². The lowest BCUT2D eigenvalue weighted by Gasteiger charge is -2.06. The molecule has 0 bridgehead atoms. The van der Waals surface area contributed by atoms with Gasteiger partial charge in [-0.25, -0.2) is 14.0 Å². The second-order valence-electron chi connectivity index (χ2n) is 3.96. The quantitative estimate of drug-likeness (QED) is 0.639. The molecule has 8 nitrogen and oxygen atoms in total. The van der Waals surface area contributed by atoms with Crippen LogP contribution < -0.4 is 16.6 Å². The van der Waals surface area contributed by atoms with Crippen molar-refractivity contribution in [3.63, 3.8) is 0 Å². The lowest BCUT2D eigenvalue weighted by atomic mass is 10.2. The van der Waals surface area contributed by atoms with Gasteiger partial charge in [-0.3, -0.25) is 14.6 Å². The van der Waals surface area contributed by atoms with Crippen LogP contribution in [0.4, 0.5) is 10.1 Å². The SMILES string of the molecule is O=C(Nc1ccc(C(=O)O)c(F)c1)c1cc(=O)[nH]c(=O)[nH]1. The van der Waals surface area contributed by atoms with E-state index in [0.717, 1.165) is 18.2 Å². The van der Waals surface area contributed by atoms with E-state index in [4.69, 9.17) is 5.11 Å². The molecule has 2 aromatic rings. The number of hydrogen-bond acceptors (Lipinski definition) is 4. The van der Waals surface area contributed by atoms with Crippen LogP contribution in [0.5, 0.6) is 0 Å². The van der Waals surface area contributed by atoms with Gasteiger partial charge in [-0.1, -0.05) is 0 Å². The largest absolute Gasteiger partial charge is 0.478 e. The minimum absolute atomic E-state index is 0.0244. The summed E-state index contributed by atoms with van der Waals surface area (Å²) in [7, 11) is 0. The van der Waals surface area contributed by atoms with Gasteiger partial charge in [-0.2, -0.15) is 0 Å². The Bertz CT molecular complexity index is 811. The number of carbonyl (C=O) groups is 2. The van der Waals surface area contributed by atoms with Crippen LogP contribution in [0.3, 0.4) is 0 Å². The highest BCUT2D eigenvalue weighted by Crippen LogP contribution is 2.15. The number of H-pyrrole nitrogens is 2. The van der Waals surface area contributed by atoms with Gasteiger partial charge in [0.15, 0.2) is 0 Å². The van der Waals surface area contributed by atoms with Crippen LogP contribution in [0.2, 0.25) is 0 Å². The van der Waals surface area contributed by atoms with Crippen LogP contribution in [0.1, 0.15) is 20.8 Å². The Morgan fingerprint density at radius 2 is 1.86 bits per heavy atom. The van der Waals surface area contributed by atoms with Gasteiger partial charge in [-0.15, -0.1) is 0 Å². The molecule has 1 aromatic carbocycles. The molecule has 0 atom stereocenters. The Morgan fingerprint density at radius 3 is 2.43 bits per heavy atom. The molecule has 0 aliphatic rings. The zero-order valence-corrected chi connectivity index (χ0v) is 10.3. The van der Waals surface area contributed by atoms with E-state index in [9.17, 15) is 23.6 Å². The molecule has 1 heterocycles. The highest BCUT2D eigenvalue weighted by Gasteiger charge is 2.13. The number of carboxylic acid groups (broad SMARTS) is 1. The fourth-order valence-electron chi connectivity index (χ4n) is 1.56.